The van der Waals surface area contributed by atoms with E-state index in [2.05, 4.69) is 10.6 Å². The number of nitro groups is 1. The summed E-state index contributed by atoms with van der Waals surface area (Å²) >= 11 is 0. The van der Waals surface area contributed by atoms with Crippen molar-refractivity contribution < 1.29 is 24.0 Å². The van der Waals surface area contributed by atoms with Crippen molar-refractivity contribution in [2.24, 2.45) is 5.41 Å². The number of carbonyl (C=O) groups is 3. The van der Waals surface area contributed by atoms with Crippen molar-refractivity contribution in [3.05, 3.63) is 33.9 Å². The first-order valence-electron chi connectivity index (χ1n) is 8.60. The summed E-state index contributed by atoms with van der Waals surface area (Å²) in [7, 11) is 0. The standard InChI is InChI=1S/C17H18N4O6/c1-8-7-20-12-4-3-11(21(25)26)5-10(12)6-17(13(20)9(2)27-8)14(22)18-16(24)19-15(17)23/h3-5,8-9,13H,6-7H2,1-2H3,(H2,18,19,22,23,24)/t8-,9-,13-/m0/s1. The molecule has 3 aliphatic heterocycles. The van der Waals surface area contributed by atoms with Gasteiger partial charge in [0.15, 0.2) is 5.41 Å². The molecule has 0 unspecified atom stereocenters. The number of nitro benzene ring substituents is 1. The second-order valence-electron chi connectivity index (χ2n) is 7.20. The number of amides is 4. The van der Waals surface area contributed by atoms with Gasteiger partial charge in [-0.3, -0.25) is 30.3 Å². The van der Waals surface area contributed by atoms with Crippen molar-refractivity contribution in [1.82, 2.24) is 10.6 Å². The Kier molecular flexibility index (Phi) is 3.70. The number of benzene rings is 1. The molecule has 4 rings (SSSR count). The van der Waals surface area contributed by atoms with E-state index in [4.69, 9.17) is 4.74 Å². The highest BCUT2D eigenvalue weighted by Crippen LogP contribution is 2.47. The van der Waals surface area contributed by atoms with Gasteiger partial charge in [-0.15, -0.1) is 0 Å². The largest absolute Gasteiger partial charge is 0.372 e. The van der Waals surface area contributed by atoms with Crippen molar-refractivity contribution in [2.45, 2.75) is 38.5 Å². The summed E-state index contributed by atoms with van der Waals surface area (Å²) in [5.41, 5.74) is -0.489. The minimum Gasteiger partial charge on any atom is -0.372 e. The predicted molar refractivity (Wildman–Crippen MR) is 92.1 cm³/mol. The fourth-order valence-corrected chi connectivity index (χ4v) is 4.55. The van der Waals surface area contributed by atoms with Crippen LogP contribution >= 0.6 is 0 Å². The summed E-state index contributed by atoms with van der Waals surface area (Å²) in [4.78, 5) is 49.9. The van der Waals surface area contributed by atoms with Crippen LogP contribution in [-0.2, 0) is 20.7 Å². The number of nitrogens with one attached hydrogen (secondary N) is 2. The summed E-state index contributed by atoms with van der Waals surface area (Å²) in [5, 5.41) is 15.5. The highest BCUT2D eigenvalue weighted by atomic mass is 16.6. The topological polar surface area (TPSA) is 131 Å². The van der Waals surface area contributed by atoms with Crippen molar-refractivity contribution in [1.29, 1.82) is 0 Å². The first-order chi connectivity index (χ1) is 12.7. The van der Waals surface area contributed by atoms with Crippen LogP contribution in [0.15, 0.2) is 18.2 Å². The van der Waals surface area contributed by atoms with Crippen LogP contribution in [0.4, 0.5) is 16.2 Å². The van der Waals surface area contributed by atoms with Crippen LogP contribution in [0.5, 0.6) is 0 Å². The molecule has 3 heterocycles. The van der Waals surface area contributed by atoms with Gasteiger partial charge in [0.2, 0.25) is 11.8 Å². The number of carbonyl (C=O) groups excluding carboxylic acids is 3. The number of ether oxygens (including phenoxy) is 1. The third-order valence-corrected chi connectivity index (χ3v) is 5.50. The first kappa shape index (κ1) is 17.4. The van der Waals surface area contributed by atoms with Crippen molar-refractivity contribution in [2.75, 3.05) is 11.4 Å². The van der Waals surface area contributed by atoms with E-state index < -0.39 is 40.3 Å². The van der Waals surface area contributed by atoms with E-state index in [1.165, 1.54) is 12.1 Å². The normalized spacial score (nSPS) is 28.9. The Balaban J connectivity index is 1.92. The van der Waals surface area contributed by atoms with Gasteiger partial charge in [0.05, 0.1) is 23.2 Å². The van der Waals surface area contributed by atoms with Crippen LogP contribution in [0, 0.1) is 15.5 Å². The molecule has 10 nitrogen and oxygen atoms in total. The molecule has 0 radical (unpaired) electrons. The monoisotopic (exact) mass is 374 g/mol. The Labute approximate surface area is 154 Å². The third kappa shape index (κ3) is 2.40. The Morgan fingerprint density at radius 2 is 1.89 bits per heavy atom. The van der Waals surface area contributed by atoms with E-state index in [1.54, 1.807) is 13.0 Å². The molecule has 2 N–H and O–H groups in total. The summed E-state index contributed by atoms with van der Waals surface area (Å²) in [6, 6.07) is 2.92. The maximum atomic E-state index is 12.9. The average Bonchev–Trinajstić information content (AvgIpc) is 2.58. The van der Waals surface area contributed by atoms with E-state index in [-0.39, 0.29) is 18.2 Å². The number of imide groups is 2. The molecular weight excluding hydrogens is 356 g/mol. The Bertz CT molecular complexity index is 864. The number of urea groups is 1. The lowest BCUT2D eigenvalue weighted by Gasteiger charge is -2.55. The molecule has 10 heteroatoms. The van der Waals surface area contributed by atoms with Crippen LogP contribution in [-0.4, -0.2) is 47.6 Å². The molecular formula is C17H18N4O6. The van der Waals surface area contributed by atoms with Crippen molar-refractivity contribution in [3.8, 4) is 0 Å². The van der Waals surface area contributed by atoms with E-state index in [1.807, 2.05) is 11.8 Å². The van der Waals surface area contributed by atoms with Gasteiger partial charge in [0.1, 0.15) is 0 Å². The van der Waals surface area contributed by atoms with Crippen LogP contribution in [0.1, 0.15) is 19.4 Å². The third-order valence-electron chi connectivity index (χ3n) is 5.50. The van der Waals surface area contributed by atoms with Gasteiger partial charge in [0.25, 0.3) is 5.69 Å². The SMILES string of the molecule is C[C@@H]1O[C@@H](C)CN2c3ccc([N+](=O)[O-])cc3CC3(C(=O)NC(=O)NC3=O)[C@H]12. The Morgan fingerprint density at radius 1 is 1.22 bits per heavy atom. The minimum atomic E-state index is -1.62. The summed E-state index contributed by atoms with van der Waals surface area (Å²) in [5.74, 6) is -1.43. The maximum absolute atomic E-state index is 12.9. The second-order valence-corrected chi connectivity index (χ2v) is 7.20. The highest BCUT2D eigenvalue weighted by Gasteiger charge is 2.62. The van der Waals surface area contributed by atoms with E-state index in [0.717, 1.165) is 5.69 Å². The molecule has 0 aliphatic carbocycles. The summed E-state index contributed by atoms with van der Waals surface area (Å²) < 4.78 is 5.89. The number of hydrogen-bond acceptors (Lipinski definition) is 7. The zero-order valence-corrected chi connectivity index (χ0v) is 14.7. The molecule has 0 bridgehead atoms. The van der Waals surface area contributed by atoms with Gasteiger partial charge in [-0.2, -0.15) is 0 Å². The zero-order chi connectivity index (χ0) is 19.5. The summed E-state index contributed by atoms with van der Waals surface area (Å²) in [6.07, 6.45) is -0.689. The molecule has 0 aromatic heterocycles. The van der Waals surface area contributed by atoms with Gasteiger partial charge in [-0.1, -0.05) is 0 Å². The van der Waals surface area contributed by atoms with Gasteiger partial charge in [0, 0.05) is 30.8 Å². The number of anilines is 1. The van der Waals surface area contributed by atoms with Crippen molar-refractivity contribution >= 4 is 29.2 Å². The number of barbiturate groups is 1. The smallest absolute Gasteiger partial charge is 0.328 e. The highest BCUT2D eigenvalue weighted by molar-refractivity contribution is 6.20. The number of rotatable bonds is 1. The molecule has 3 aliphatic rings. The van der Waals surface area contributed by atoms with Crippen LogP contribution < -0.4 is 15.5 Å². The molecule has 27 heavy (non-hydrogen) atoms. The lowest BCUT2D eigenvalue weighted by atomic mass is 9.66. The number of nitrogens with zero attached hydrogens (tertiary/aromatic N) is 2. The van der Waals surface area contributed by atoms with Crippen LogP contribution in [0.25, 0.3) is 0 Å². The van der Waals surface area contributed by atoms with E-state index >= 15 is 0 Å². The molecule has 3 atom stereocenters. The fraction of sp³-hybridized carbons (Fsp3) is 0.471. The predicted octanol–water partition coefficient (Wildman–Crippen LogP) is 0.485. The molecule has 2 saturated heterocycles. The van der Waals surface area contributed by atoms with E-state index in [0.29, 0.717) is 12.1 Å². The van der Waals surface area contributed by atoms with Crippen molar-refractivity contribution in [3.63, 3.8) is 0 Å². The maximum Gasteiger partial charge on any atom is 0.328 e. The summed E-state index contributed by atoms with van der Waals surface area (Å²) in [6.45, 7) is 4.07. The number of non-ortho nitro benzene ring substituents is 1. The molecule has 4 amide bonds. The number of hydrogen-bond donors (Lipinski definition) is 2. The quantitative estimate of drug-likeness (QED) is 0.415. The molecule has 1 aromatic carbocycles. The molecule has 0 saturated carbocycles. The Morgan fingerprint density at radius 3 is 2.52 bits per heavy atom. The lowest BCUT2D eigenvalue weighted by molar-refractivity contribution is -0.384. The van der Waals surface area contributed by atoms with Gasteiger partial charge in [-0.25, -0.2) is 4.79 Å². The van der Waals surface area contributed by atoms with Gasteiger partial charge < -0.3 is 9.64 Å². The molecule has 1 aromatic rings. The van der Waals surface area contributed by atoms with Crippen LogP contribution in [0.3, 0.4) is 0 Å². The molecule has 2 fully saturated rings. The lowest BCUT2D eigenvalue weighted by Crippen LogP contribution is -2.75. The second kappa shape index (κ2) is 5.74. The zero-order valence-electron chi connectivity index (χ0n) is 14.7. The van der Waals surface area contributed by atoms with Gasteiger partial charge in [-0.05, 0) is 25.5 Å². The molecule has 142 valence electrons. The van der Waals surface area contributed by atoms with Gasteiger partial charge >= 0.3 is 6.03 Å². The Hall–Kier alpha value is -3.01. The fourth-order valence-electron chi connectivity index (χ4n) is 4.55. The average molecular weight is 374 g/mol. The number of fused-ring (bicyclic) bond motifs is 4. The minimum absolute atomic E-state index is 0.0573. The first-order valence-corrected chi connectivity index (χ1v) is 8.60. The van der Waals surface area contributed by atoms with E-state index in [9.17, 15) is 24.5 Å². The number of morpholine rings is 1. The van der Waals surface area contributed by atoms with Crippen LogP contribution in [0.2, 0.25) is 0 Å². The molecule has 1 spiro atoms.